The number of hydrogen-bond donors (Lipinski definition) is 0. The predicted octanol–water partition coefficient (Wildman–Crippen LogP) is 13.1. The van der Waals surface area contributed by atoms with Gasteiger partial charge in [0.05, 0.1) is 11.1 Å². The van der Waals surface area contributed by atoms with E-state index in [2.05, 4.69) is 106 Å². The summed E-state index contributed by atoms with van der Waals surface area (Å²) in [6, 6.07) is 48.1. The van der Waals surface area contributed by atoms with Crippen molar-refractivity contribution < 1.29 is 28.9 Å². The van der Waals surface area contributed by atoms with Crippen molar-refractivity contribution in [3.05, 3.63) is 169 Å². The Morgan fingerprint density at radius 2 is 1.23 bits per heavy atom. The third-order valence-electron chi connectivity index (χ3n) is 9.34. The molecule has 3 nitrogen and oxygen atoms in total. The quantitative estimate of drug-likeness (QED) is 0.165. The second-order valence-corrected chi connectivity index (χ2v) is 15.1. The molecule has 0 aliphatic heterocycles. The third-order valence-corrected chi connectivity index (χ3v) is 9.34. The van der Waals surface area contributed by atoms with E-state index in [9.17, 15) is 0 Å². The summed E-state index contributed by atoms with van der Waals surface area (Å²) in [6.45, 7) is 13.3. The van der Waals surface area contributed by atoms with E-state index in [1.54, 1.807) is 12.3 Å². The molecule has 3 aromatic heterocycles. The summed E-state index contributed by atoms with van der Waals surface area (Å²) in [4.78, 5) is 9.02. The van der Waals surface area contributed by atoms with Crippen molar-refractivity contribution in [1.82, 2.24) is 9.97 Å². The Bertz CT molecular complexity index is 2390. The molecule has 1 radical (unpaired) electrons. The summed E-state index contributed by atoms with van der Waals surface area (Å²) >= 11 is 0. The maximum absolute atomic E-state index is 15.1. The molecule has 0 bridgehead atoms. The van der Waals surface area contributed by atoms with E-state index in [1.807, 2.05) is 79.0 Å². The van der Waals surface area contributed by atoms with Gasteiger partial charge in [-0.2, -0.15) is 0 Å². The summed E-state index contributed by atoms with van der Waals surface area (Å²) in [7, 11) is 0. The average molecular weight is 873 g/mol. The van der Waals surface area contributed by atoms with Gasteiger partial charge in [-0.1, -0.05) is 131 Å². The number of pyridine rings is 2. The van der Waals surface area contributed by atoms with Crippen molar-refractivity contribution in [2.45, 2.75) is 52.4 Å². The molecule has 267 valence electrons. The van der Waals surface area contributed by atoms with Crippen LogP contribution < -0.4 is 0 Å². The monoisotopic (exact) mass is 873 g/mol. The molecule has 5 aromatic carbocycles. The number of benzene rings is 5. The molecular formula is C48H41FIrN2O-2. The second kappa shape index (κ2) is 15.4. The SMILES string of the molecule is CC(C)(C)c1c[c-]c(-c2ccc(C(C)(C)C)cn2)cc1.Fc1ccc2c(oc3c(-c4ccccn4)[c-]ccc32)c1-c1ccc(-c2ccccc2)cc1.[Ir]. The normalized spacial score (nSPS) is 11.5. The molecule has 5 heteroatoms. The number of hydrogen-bond acceptors (Lipinski definition) is 3. The molecule has 0 aliphatic carbocycles. The zero-order chi connectivity index (χ0) is 36.5. The van der Waals surface area contributed by atoms with Crippen LogP contribution in [0, 0.1) is 17.9 Å². The minimum atomic E-state index is -0.313. The molecule has 53 heavy (non-hydrogen) atoms. The first kappa shape index (κ1) is 37.5. The first-order valence-corrected chi connectivity index (χ1v) is 17.6. The summed E-state index contributed by atoms with van der Waals surface area (Å²) in [5.74, 6) is -0.313. The zero-order valence-corrected chi connectivity index (χ0v) is 33.2. The van der Waals surface area contributed by atoms with Crippen LogP contribution in [0.15, 0.2) is 144 Å². The molecule has 0 atom stereocenters. The Hall–Kier alpha value is -5.22. The fraction of sp³-hybridized carbons (Fsp3) is 0.167. The van der Waals surface area contributed by atoms with Crippen LogP contribution in [0.5, 0.6) is 0 Å². The average Bonchev–Trinajstić information content (AvgIpc) is 3.54. The summed E-state index contributed by atoms with van der Waals surface area (Å²) < 4.78 is 21.4. The summed E-state index contributed by atoms with van der Waals surface area (Å²) in [6.07, 6.45) is 3.71. The van der Waals surface area contributed by atoms with Crippen LogP contribution >= 0.6 is 0 Å². The molecule has 0 saturated heterocycles. The van der Waals surface area contributed by atoms with E-state index in [4.69, 9.17) is 4.42 Å². The maximum atomic E-state index is 15.1. The van der Waals surface area contributed by atoms with Crippen molar-refractivity contribution in [2.24, 2.45) is 0 Å². The van der Waals surface area contributed by atoms with Crippen LogP contribution in [-0.2, 0) is 30.9 Å². The molecule has 0 unspecified atom stereocenters. The zero-order valence-electron chi connectivity index (χ0n) is 30.8. The van der Waals surface area contributed by atoms with Crippen molar-refractivity contribution in [2.75, 3.05) is 0 Å². The number of nitrogens with zero attached hydrogens (tertiary/aromatic N) is 2. The van der Waals surface area contributed by atoms with Gasteiger partial charge in [-0.05, 0) is 62.7 Å². The summed E-state index contributed by atoms with van der Waals surface area (Å²) in [5.41, 5.74) is 11.1. The molecule has 8 aromatic rings. The van der Waals surface area contributed by atoms with Gasteiger partial charge in [0, 0.05) is 37.9 Å². The van der Waals surface area contributed by atoms with E-state index in [0.717, 1.165) is 50.0 Å². The number of rotatable bonds is 4. The van der Waals surface area contributed by atoms with Gasteiger partial charge in [-0.3, -0.25) is 0 Å². The Labute approximate surface area is 325 Å². The predicted molar refractivity (Wildman–Crippen MR) is 213 cm³/mol. The number of halogens is 1. The first-order valence-electron chi connectivity index (χ1n) is 17.6. The van der Waals surface area contributed by atoms with Gasteiger partial charge >= 0.3 is 0 Å². The minimum Gasteiger partial charge on any atom is -0.500 e. The second-order valence-electron chi connectivity index (χ2n) is 15.1. The van der Waals surface area contributed by atoms with Gasteiger partial charge in [0.25, 0.3) is 0 Å². The van der Waals surface area contributed by atoms with E-state index < -0.39 is 0 Å². The van der Waals surface area contributed by atoms with Crippen LogP contribution in [-0.4, -0.2) is 9.97 Å². The standard InChI is InChI=1S/C29H17FNO.C19H24N.Ir/c30-25-17-16-23-22-9-6-10-24(26-11-4-5-18-31-26)28(22)32-29(23)27(25)21-14-12-20(13-15-21)19-7-2-1-3-8-19;1-18(2,3)15-9-7-14(8-10-15)17-12-11-16(13-20-17)19(4,5)6;/h1-9,11-18H;7,9-13H,1-6H3;/q2*-1;. The molecule has 0 aliphatic rings. The number of furan rings is 1. The Morgan fingerprint density at radius 3 is 1.85 bits per heavy atom. The molecule has 3 heterocycles. The molecule has 8 rings (SSSR count). The van der Waals surface area contributed by atoms with Gasteiger partial charge in [-0.15, -0.1) is 53.6 Å². The van der Waals surface area contributed by atoms with Gasteiger partial charge < -0.3 is 14.4 Å². The van der Waals surface area contributed by atoms with E-state index >= 15 is 4.39 Å². The first-order chi connectivity index (χ1) is 25.0. The Morgan fingerprint density at radius 1 is 0.566 bits per heavy atom. The molecule has 0 fully saturated rings. The Kier molecular flexibility index (Phi) is 10.9. The topological polar surface area (TPSA) is 38.9 Å². The van der Waals surface area contributed by atoms with Crippen LogP contribution in [0.3, 0.4) is 0 Å². The number of fused-ring (bicyclic) bond motifs is 3. The third kappa shape index (κ3) is 8.07. The fourth-order valence-corrected chi connectivity index (χ4v) is 6.26. The fourth-order valence-electron chi connectivity index (χ4n) is 6.26. The Balaban J connectivity index is 0.000000199. The largest absolute Gasteiger partial charge is 0.500 e. The van der Waals surface area contributed by atoms with Crippen molar-refractivity contribution in [1.29, 1.82) is 0 Å². The van der Waals surface area contributed by atoms with Crippen molar-refractivity contribution in [3.8, 4) is 44.8 Å². The van der Waals surface area contributed by atoms with E-state index in [-0.39, 0.29) is 36.8 Å². The molecule has 0 amide bonds. The molecule has 0 N–H and O–H groups in total. The van der Waals surface area contributed by atoms with Gasteiger partial charge in [-0.25, -0.2) is 4.39 Å². The smallest absolute Gasteiger partial charge is 0.134 e. The van der Waals surface area contributed by atoms with E-state index in [1.165, 1.54) is 17.2 Å². The van der Waals surface area contributed by atoms with E-state index in [0.29, 0.717) is 16.7 Å². The number of aromatic nitrogens is 2. The van der Waals surface area contributed by atoms with Crippen LogP contribution in [0.25, 0.3) is 66.7 Å². The van der Waals surface area contributed by atoms with Gasteiger partial charge in [0.2, 0.25) is 0 Å². The van der Waals surface area contributed by atoms with Gasteiger partial charge in [0.15, 0.2) is 0 Å². The van der Waals surface area contributed by atoms with Crippen molar-refractivity contribution >= 4 is 21.9 Å². The van der Waals surface area contributed by atoms with Crippen molar-refractivity contribution in [3.63, 3.8) is 0 Å². The molecule has 0 spiro atoms. The van der Waals surface area contributed by atoms with Crippen LogP contribution in [0.4, 0.5) is 4.39 Å². The summed E-state index contributed by atoms with van der Waals surface area (Å²) in [5, 5.41) is 1.79. The van der Waals surface area contributed by atoms with Crippen LogP contribution in [0.2, 0.25) is 0 Å². The molecular weight excluding hydrogens is 832 g/mol. The minimum absolute atomic E-state index is 0. The maximum Gasteiger partial charge on any atom is 0.134 e. The molecule has 0 saturated carbocycles. The van der Waals surface area contributed by atoms with Crippen LogP contribution in [0.1, 0.15) is 52.7 Å². The van der Waals surface area contributed by atoms with Gasteiger partial charge in [0.1, 0.15) is 11.4 Å².